The summed E-state index contributed by atoms with van der Waals surface area (Å²) in [6, 6.07) is 17.2. The van der Waals surface area contributed by atoms with Crippen LogP contribution in [0.4, 0.5) is 11.5 Å². The van der Waals surface area contributed by atoms with E-state index in [0.29, 0.717) is 22.5 Å². The SMILES string of the molecule is S=C(Nc1cnn(COc2ccc(Br)cc2)c1)Nc1ccn(Cc2ccccc2Cl)n1. The summed E-state index contributed by atoms with van der Waals surface area (Å²) in [5, 5.41) is 16.0. The fourth-order valence-corrected chi connectivity index (χ4v) is 3.45. The molecule has 158 valence electrons. The van der Waals surface area contributed by atoms with Gasteiger partial charge in [-0.15, -0.1) is 0 Å². The molecule has 0 bridgehead atoms. The molecule has 0 unspecified atom stereocenters. The summed E-state index contributed by atoms with van der Waals surface area (Å²) in [4.78, 5) is 0. The first-order valence-electron chi connectivity index (χ1n) is 9.31. The van der Waals surface area contributed by atoms with Crippen LogP contribution in [0, 0.1) is 0 Å². The lowest BCUT2D eigenvalue weighted by atomic mass is 10.2. The molecule has 0 saturated heterocycles. The second kappa shape index (κ2) is 9.95. The number of hydrogen-bond donors (Lipinski definition) is 2. The van der Waals surface area contributed by atoms with Crippen LogP contribution in [0.15, 0.2) is 77.7 Å². The van der Waals surface area contributed by atoms with E-state index in [-0.39, 0.29) is 6.73 Å². The van der Waals surface area contributed by atoms with Crippen LogP contribution in [0.25, 0.3) is 0 Å². The Kier molecular flexibility index (Phi) is 6.86. The molecule has 2 heterocycles. The Morgan fingerprint density at radius 2 is 1.87 bits per heavy atom. The third-order valence-corrected chi connectivity index (χ3v) is 5.34. The van der Waals surface area contributed by atoms with Gasteiger partial charge < -0.3 is 15.4 Å². The van der Waals surface area contributed by atoms with Crippen LogP contribution in [0.1, 0.15) is 5.56 Å². The van der Waals surface area contributed by atoms with Gasteiger partial charge in [0.05, 0.1) is 24.6 Å². The zero-order valence-electron chi connectivity index (χ0n) is 16.2. The van der Waals surface area contributed by atoms with Crippen LogP contribution in [0.2, 0.25) is 5.02 Å². The van der Waals surface area contributed by atoms with E-state index in [4.69, 9.17) is 28.6 Å². The molecule has 7 nitrogen and oxygen atoms in total. The fraction of sp³-hybridized carbons (Fsp3) is 0.0952. The quantitative estimate of drug-likeness (QED) is 0.320. The molecule has 31 heavy (non-hydrogen) atoms. The first-order valence-corrected chi connectivity index (χ1v) is 10.9. The summed E-state index contributed by atoms with van der Waals surface area (Å²) in [5.74, 6) is 1.40. The Hall–Kier alpha value is -2.88. The molecule has 0 aliphatic rings. The Morgan fingerprint density at radius 3 is 2.68 bits per heavy atom. The van der Waals surface area contributed by atoms with Gasteiger partial charge in [-0.1, -0.05) is 45.7 Å². The summed E-state index contributed by atoms with van der Waals surface area (Å²) >= 11 is 15.0. The molecule has 0 amide bonds. The van der Waals surface area contributed by atoms with Crippen molar-refractivity contribution in [2.75, 3.05) is 10.6 Å². The molecule has 0 spiro atoms. The van der Waals surface area contributed by atoms with E-state index in [9.17, 15) is 0 Å². The van der Waals surface area contributed by atoms with Crippen LogP contribution < -0.4 is 15.4 Å². The van der Waals surface area contributed by atoms with Gasteiger partial charge in [0.25, 0.3) is 0 Å². The summed E-state index contributed by atoms with van der Waals surface area (Å²) in [6.07, 6.45) is 5.35. The highest BCUT2D eigenvalue weighted by Crippen LogP contribution is 2.18. The average molecular weight is 518 g/mol. The van der Waals surface area contributed by atoms with Crippen molar-refractivity contribution in [3.8, 4) is 5.75 Å². The number of nitrogens with one attached hydrogen (secondary N) is 2. The first kappa shape index (κ1) is 21.4. The summed E-state index contributed by atoms with van der Waals surface area (Å²) in [7, 11) is 0. The van der Waals surface area contributed by atoms with E-state index in [1.165, 1.54) is 0 Å². The van der Waals surface area contributed by atoms with Crippen LogP contribution in [-0.4, -0.2) is 24.7 Å². The maximum absolute atomic E-state index is 6.21. The number of aromatic nitrogens is 4. The molecule has 0 aliphatic carbocycles. The largest absolute Gasteiger partial charge is 0.471 e. The van der Waals surface area contributed by atoms with E-state index in [2.05, 4.69) is 36.8 Å². The number of benzene rings is 2. The van der Waals surface area contributed by atoms with Gasteiger partial charge in [0.15, 0.2) is 17.7 Å². The Balaban J connectivity index is 1.28. The first-order chi connectivity index (χ1) is 15.0. The lowest BCUT2D eigenvalue weighted by Crippen LogP contribution is -2.19. The van der Waals surface area contributed by atoms with Crippen LogP contribution in [0.5, 0.6) is 5.75 Å². The van der Waals surface area contributed by atoms with Gasteiger partial charge in [-0.25, -0.2) is 4.68 Å². The van der Waals surface area contributed by atoms with Crippen molar-refractivity contribution >= 4 is 56.4 Å². The molecule has 2 aromatic carbocycles. The Bertz CT molecular complexity index is 1180. The highest BCUT2D eigenvalue weighted by molar-refractivity contribution is 9.10. The minimum absolute atomic E-state index is 0.288. The van der Waals surface area contributed by atoms with Crippen LogP contribution >= 0.6 is 39.7 Å². The summed E-state index contributed by atoms with van der Waals surface area (Å²) in [6.45, 7) is 0.864. The maximum Gasteiger partial charge on any atom is 0.180 e. The van der Waals surface area contributed by atoms with E-state index in [1.807, 2.05) is 67.0 Å². The van der Waals surface area contributed by atoms with Crippen LogP contribution in [0.3, 0.4) is 0 Å². The number of hydrogen-bond acceptors (Lipinski definition) is 4. The number of rotatable bonds is 7. The predicted octanol–water partition coefficient (Wildman–Crippen LogP) is 5.39. The van der Waals surface area contributed by atoms with Gasteiger partial charge in [-0.05, 0) is 48.1 Å². The molecular formula is C21H18BrClN6OS. The molecule has 0 atom stereocenters. The highest BCUT2D eigenvalue weighted by atomic mass is 79.9. The predicted molar refractivity (Wildman–Crippen MR) is 130 cm³/mol. The van der Waals surface area contributed by atoms with Crippen molar-refractivity contribution in [2.45, 2.75) is 13.3 Å². The minimum atomic E-state index is 0.288. The maximum atomic E-state index is 6.21. The van der Waals surface area contributed by atoms with Crippen molar-refractivity contribution in [1.29, 1.82) is 0 Å². The van der Waals surface area contributed by atoms with E-state index < -0.39 is 0 Å². The monoisotopic (exact) mass is 516 g/mol. The van der Waals surface area contributed by atoms with Gasteiger partial charge in [-0.3, -0.25) is 4.68 Å². The van der Waals surface area contributed by atoms with Gasteiger partial charge >= 0.3 is 0 Å². The number of ether oxygens (including phenoxy) is 1. The second-order valence-corrected chi connectivity index (χ2v) is 8.30. The fourth-order valence-electron chi connectivity index (χ4n) is 2.77. The topological polar surface area (TPSA) is 68.9 Å². The summed E-state index contributed by atoms with van der Waals surface area (Å²) < 4.78 is 10.2. The number of nitrogens with zero attached hydrogens (tertiary/aromatic N) is 4. The molecule has 4 rings (SSSR count). The molecule has 0 radical (unpaired) electrons. The summed E-state index contributed by atoms with van der Waals surface area (Å²) in [5.41, 5.74) is 1.74. The lowest BCUT2D eigenvalue weighted by Gasteiger charge is -2.07. The van der Waals surface area contributed by atoms with Gasteiger partial charge in [0.2, 0.25) is 0 Å². The molecule has 4 aromatic rings. The third kappa shape index (κ3) is 6.06. The van der Waals surface area contributed by atoms with E-state index >= 15 is 0 Å². The van der Waals surface area contributed by atoms with Crippen molar-refractivity contribution in [2.24, 2.45) is 0 Å². The zero-order valence-corrected chi connectivity index (χ0v) is 19.4. The molecule has 0 aliphatic heterocycles. The van der Waals surface area contributed by atoms with E-state index in [0.717, 1.165) is 21.5 Å². The zero-order chi connectivity index (χ0) is 21.6. The smallest absolute Gasteiger partial charge is 0.180 e. The molecule has 10 heteroatoms. The molecule has 2 N–H and O–H groups in total. The number of halogens is 2. The van der Waals surface area contributed by atoms with Crippen molar-refractivity contribution in [1.82, 2.24) is 19.6 Å². The van der Waals surface area contributed by atoms with Crippen LogP contribution in [-0.2, 0) is 13.3 Å². The average Bonchev–Trinajstić information content (AvgIpc) is 3.38. The second-order valence-electron chi connectivity index (χ2n) is 6.56. The van der Waals surface area contributed by atoms with Gasteiger partial charge in [0.1, 0.15) is 5.75 Å². The van der Waals surface area contributed by atoms with Crippen molar-refractivity contribution in [3.05, 3.63) is 88.2 Å². The van der Waals surface area contributed by atoms with Gasteiger partial charge in [0, 0.05) is 21.8 Å². The molecule has 0 fully saturated rings. The Morgan fingerprint density at radius 1 is 1.06 bits per heavy atom. The molecule has 0 saturated carbocycles. The molecular weight excluding hydrogens is 500 g/mol. The van der Waals surface area contributed by atoms with E-state index in [1.54, 1.807) is 15.6 Å². The normalized spacial score (nSPS) is 10.6. The standard InChI is InChI=1S/C21H18BrClN6OS/c22-16-5-7-18(8-6-16)30-14-29-13-17(11-24-29)25-21(31)26-20-9-10-28(27-20)12-15-3-1-2-4-19(15)23/h1-11,13H,12,14H2,(H2,25,26,27,31). The minimum Gasteiger partial charge on any atom is -0.471 e. The lowest BCUT2D eigenvalue weighted by molar-refractivity contribution is 0.221. The number of thiocarbonyl (C=S) groups is 1. The third-order valence-electron chi connectivity index (χ3n) is 4.24. The molecule has 2 aromatic heterocycles. The van der Waals surface area contributed by atoms with Crippen molar-refractivity contribution < 1.29 is 4.74 Å². The number of anilines is 2. The van der Waals surface area contributed by atoms with Crippen molar-refractivity contribution in [3.63, 3.8) is 0 Å². The van der Waals surface area contributed by atoms with Gasteiger partial charge in [-0.2, -0.15) is 10.2 Å². The Labute approximate surface area is 198 Å². The highest BCUT2D eigenvalue weighted by Gasteiger charge is 2.06.